The molecule has 1 aliphatic rings. The third kappa shape index (κ3) is 3.25. The van der Waals surface area contributed by atoms with E-state index in [4.69, 9.17) is 15.2 Å². The van der Waals surface area contributed by atoms with E-state index < -0.39 is 0 Å². The van der Waals surface area contributed by atoms with Gasteiger partial charge in [-0.15, -0.1) is 0 Å². The zero-order chi connectivity index (χ0) is 13.8. The molecule has 19 heavy (non-hydrogen) atoms. The van der Waals surface area contributed by atoms with E-state index in [9.17, 15) is 0 Å². The zero-order valence-electron chi connectivity index (χ0n) is 12.1. The van der Waals surface area contributed by atoms with E-state index in [2.05, 4.69) is 4.98 Å². The molecule has 1 aromatic heterocycles. The lowest BCUT2D eigenvalue weighted by molar-refractivity contribution is 0.000436. The molecule has 1 fully saturated rings. The number of pyridine rings is 1. The first kappa shape index (κ1) is 14.3. The quantitative estimate of drug-likeness (QED) is 0.905. The second-order valence-electron chi connectivity index (χ2n) is 5.32. The number of nitrogens with zero attached hydrogens (tertiary/aromatic N) is 1. The van der Waals surface area contributed by atoms with Crippen molar-refractivity contribution in [3.05, 3.63) is 23.0 Å². The van der Waals surface area contributed by atoms with Crippen molar-refractivity contribution in [2.45, 2.75) is 51.7 Å². The molecule has 0 spiro atoms. The van der Waals surface area contributed by atoms with Crippen molar-refractivity contribution >= 4 is 0 Å². The maximum Gasteiger partial charge on any atom is 0.128 e. The smallest absolute Gasteiger partial charge is 0.128 e. The predicted octanol–water partition coefficient (Wildman–Crippen LogP) is 2.15. The molecule has 1 aromatic rings. The lowest BCUT2D eigenvalue weighted by Crippen LogP contribution is -2.40. The molecular weight excluding hydrogens is 240 g/mol. The summed E-state index contributed by atoms with van der Waals surface area (Å²) in [6, 6.07) is 0.0129. The van der Waals surface area contributed by atoms with Crippen LogP contribution in [0.25, 0.3) is 0 Å². The fourth-order valence-electron chi connectivity index (χ4n) is 2.73. The van der Waals surface area contributed by atoms with Gasteiger partial charge >= 0.3 is 0 Å². The molecule has 2 N–H and O–H groups in total. The fraction of sp³-hybridized carbons (Fsp3) is 0.667. The van der Waals surface area contributed by atoms with Crippen molar-refractivity contribution < 1.29 is 9.47 Å². The van der Waals surface area contributed by atoms with E-state index in [0.29, 0.717) is 0 Å². The van der Waals surface area contributed by atoms with Gasteiger partial charge in [0.1, 0.15) is 5.75 Å². The number of rotatable bonds is 4. The van der Waals surface area contributed by atoms with E-state index in [-0.39, 0.29) is 12.1 Å². The molecule has 4 nitrogen and oxygen atoms in total. The van der Waals surface area contributed by atoms with Crippen LogP contribution in [0, 0.1) is 13.8 Å². The van der Waals surface area contributed by atoms with Crippen LogP contribution in [-0.2, 0) is 11.2 Å². The van der Waals surface area contributed by atoms with Gasteiger partial charge in [0.05, 0.1) is 13.2 Å². The molecule has 106 valence electrons. The van der Waals surface area contributed by atoms with Crippen LogP contribution in [0.5, 0.6) is 5.75 Å². The summed E-state index contributed by atoms with van der Waals surface area (Å²) in [7, 11) is 1.70. The Kier molecular flexibility index (Phi) is 4.77. The Morgan fingerprint density at radius 3 is 2.89 bits per heavy atom. The maximum absolute atomic E-state index is 6.27. The van der Waals surface area contributed by atoms with E-state index >= 15 is 0 Å². The van der Waals surface area contributed by atoms with Crippen LogP contribution in [0.4, 0.5) is 0 Å². The minimum absolute atomic E-state index is 0.0129. The number of nitrogens with two attached hydrogens (primary N) is 1. The van der Waals surface area contributed by atoms with Crippen molar-refractivity contribution in [2.75, 3.05) is 13.7 Å². The molecule has 1 aliphatic heterocycles. The lowest BCUT2D eigenvalue weighted by Gasteiger charge is -2.28. The third-order valence-electron chi connectivity index (χ3n) is 3.87. The Hall–Kier alpha value is -1.13. The first-order valence-electron chi connectivity index (χ1n) is 6.99. The third-order valence-corrected chi connectivity index (χ3v) is 3.87. The second kappa shape index (κ2) is 6.35. The predicted molar refractivity (Wildman–Crippen MR) is 75.5 cm³/mol. The standard InChI is InChI=1S/C15H24N2O2/c1-10-9-17-13(11(2)15(10)18-3)8-12(16)14-6-4-5-7-19-14/h9,12,14H,4-8,16H2,1-3H3. The topological polar surface area (TPSA) is 57.4 Å². The van der Waals surface area contributed by atoms with E-state index in [1.165, 1.54) is 6.42 Å². The monoisotopic (exact) mass is 264 g/mol. The lowest BCUT2D eigenvalue weighted by atomic mass is 9.97. The molecule has 0 aromatic carbocycles. The SMILES string of the molecule is COc1c(C)cnc(CC(N)C2CCCCO2)c1C. The molecule has 0 radical (unpaired) electrons. The fourth-order valence-corrected chi connectivity index (χ4v) is 2.73. The Balaban J connectivity index is 2.10. The summed E-state index contributed by atoms with van der Waals surface area (Å²) in [6.07, 6.45) is 6.19. The molecule has 2 rings (SSSR count). The second-order valence-corrected chi connectivity index (χ2v) is 5.32. The van der Waals surface area contributed by atoms with Crippen LogP contribution in [0.3, 0.4) is 0 Å². The van der Waals surface area contributed by atoms with Gasteiger partial charge in [0.2, 0.25) is 0 Å². The zero-order valence-corrected chi connectivity index (χ0v) is 12.1. The number of hydrogen-bond acceptors (Lipinski definition) is 4. The largest absolute Gasteiger partial charge is 0.496 e. The molecule has 0 amide bonds. The average Bonchev–Trinajstić information content (AvgIpc) is 2.43. The maximum atomic E-state index is 6.27. The summed E-state index contributed by atoms with van der Waals surface area (Å²) in [4.78, 5) is 4.51. The minimum Gasteiger partial charge on any atom is -0.496 e. The summed E-state index contributed by atoms with van der Waals surface area (Å²) in [5.74, 6) is 0.918. The van der Waals surface area contributed by atoms with E-state index in [0.717, 1.165) is 48.4 Å². The molecule has 4 heteroatoms. The Morgan fingerprint density at radius 1 is 1.47 bits per heavy atom. The van der Waals surface area contributed by atoms with Crippen molar-refractivity contribution in [1.82, 2.24) is 4.98 Å². The highest BCUT2D eigenvalue weighted by atomic mass is 16.5. The van der Waals surface area contributed by atoms with Crippen molar-refractivity contribution in [1.29, 1.82) is 0 Å². The van der Waals surface area contributed by atoms with Gasteiger partial charge in [-0.1, -0.05) is 0 Å². The van der Waals surface area contributed by atoms with Crippen LogP contribution in [0.2, 0.25) is 0 Å². The number of ether oxygens (including phenoxy) is 2. The van der Waals surface area contributed by atoms with Crippen LogP contribution in [-0.4, -0.2) is 30.8 Å². The number of methoxy groups -OCH3 is 1. The number of aromatic nitrogens is 1. The summed E-state index contributed by atoms with van der Waals surface area (Å²) in [5.41, 5.74) is 9.44. The number of hydrogen-bond donors (Lipinski definition) is 1. The highest BCUT2D eigenvalue weighted by Gasteiger charge is 2.23. The normalized spacial score (nSPS) is 21.2. The molecule has 2 atom stereocenters. The summed E-state index contributed by atoms with van der Waals surface area (Å²) in [5, 5.41) is 0. The average molecular weight is 264 g/mol. The van der Waals surface area contributed by atoms with Gasteiger partial charge in [-0.3, -0.25) is 4.98 Å². The summed E-state index contributed by atoms with van der Waals surface area (Å²) >= 11 is 0. The summed E-state index contributed by atoms with van der Waals surface area (Å²) < 4.78 is 11.2. The van der Waals surface area contributed by atoms with Gasteiger partial charge in [-0.05, 0) is 33.1 Å². The highest BCUT2D eigenvalue weighted by molar-refractivity contribution is 5.41. The molecule has 0 aliphatic carbocycles. The first-order valence-corrected chi connectivity index (χ1v) is 6.99. The van der Waals surface area contributed by atoms with Crippen molar-refractivity contribution in [3.8, 4) is 5.75 Å². The molecule has 0 saturated carbocycles. The van der Waals surface area contributed by atoms with Crippen LogP contribution >= 0.6 is 0 Å². The van der Waals surface area contributed by atoms with Gasteiger partial charge in [-0.25, -0.2) is 0 Å². The van der Waals surface area contributed by atoms with Crippen molar-refractivity contribution in [3.63, 3.8) is 0 Å². The van der Waals surface area contributed by atoms with E-state index in [1.54, 1.807) is 7.11 Å². The Morgan fingerprint density at radius 2 is 2.26 bits per heavy atom. The van der Waals surface area contributed by atoms with E-state index in [1.807, 2.05) is 20.0 Å². The Labute approximate surface area is 115 Å². The summed E-state index contributed by atoms with van der Waals surface area (Å²) in [6.45, 7) is 4.89. The molecule has 0 bridgehead atoms. The Bertz CT molecular complexity index is 428. The van der Waals surface area contributed by atoms with Crippen LogP contribution in [0.15, 0.2) is 6.20 Å². The first-order chi connectivity index (χ1) is 9.13. The highest BCUT2D eigenvalue weighted by Crippen LogP contribution is 2.25. The van der Waals surface area contributed by atoms with Gasteiger partial charge in [-0.2, -0.15) is 0 Å². The van der Waals surface area contributed by atoms with Crippen molar-refractivity contribution in [2.24, 2.45) is 5.73 Å². The van der Waals surface area contributed by atoms with Gasteiger partial charge in [0.25, 0.3) is 0 Å². The molecule has 1 saturated heterocycles. The molecule has 2 unspecified atom stereocenters. The van der Waals surface area contributed by atoms with Gasteiger partial charge in [0.15, 0.2) is 0 Å². The molecular formula is C15H24N2O2. The molecule has 2 heterocycles. The van der Waals surface area contributed by atoms with Gasteiger partial charge < -0.3 is 15.2 Å². The number of aryl methyl sites for hydroxylation is 1. The van der Waals surface area contributed by atoms with Gasteiger partial charge in [0, 0.05) is 42.1 Å². The van der Waals surface area contributed by atoms with Crippen LogP contribution < -0.4 is 10.5 Å². The van der Waals surface area contributed by atoms with Crippen LogP contribution in [0.1, 0.15) is 36.1 Å². The minimum atomic E-state index is 0.0129.